The van der Waals surface area contributed by atoms with Crippen molar-refractivity contribution in [3.63, 3.8) is 0 Å². The Morgan fingerprint density at radius 3 is 2.63 bits per heavy atom. The van der Waals surface area contributed by atoms with Crippen molar-refractivity contribution in [3.8, 4) is 0 Å². The Labute approximate surface area is 158 Å². The Hall–Kier alpha value is -2.77. The molecule has 1 N–H and O–H groups in total. The van der Waals surface area contributed by atoms with Gasteiger partial charge < -0.3 is 10.2 Å². The second kappa shape index (κ2) is 8.28. The van der Waals surface area contributed by atoms with Crippen LogP contribution in [0.3, 0.4) is 0 Å². The topological polar surface area (TPSA) is 93.0 Å². The summed E-state index contributed by atoms with van der Waals surface area (Å²) in [5.74, 6) is 1.22. The van der Waals surface area contributed by atoms with Gasteiger partial charge in [0.2, 0.25) is 5.91 Å². The average Bonchev–Trinajstić information content (AvgIpc) is 2.67. The Bertz CT molecular complexity index is 886. The number of anilines is 1. The zero-order chi connectivity index (χ0) is 19.4. The number of rotatable bonds is 5. The van der Waals surface area contributed by atoms with Crippen LogP contribution in [0.25, 0.3) is 0 Å². The van der Waals surface area contributed by atoms with Crippen LogP contribution in [0.4, 0.5) is 5.82 Å². The molecule has 0 aliphatic carbocycles. The first-order valence-electron chi connectivity index (χ1n) is 9.33. The summed E-state index contributed by atoms with van der Waals surface area (Å²) in [6.45, 7) is 7.58. The largest absolute Gasteiger partial charge is 0.357 e. The molecule has 0 aromatic carbocycles. The predicted octanol–water partition coefficient (Wildman–Crippen LogP) is 1.27. The number of hydrogen-bond donors (Lipinski definition) is 1. The monoisotopic (exact) mass is 370 g/mol. The van der Waals surface area contributed by atoms with Crippen LogP contribution in [-0.2, 0) is 17.9 Å². The van der Waals surface area contributed by atoms with Gasteiger partial charge in [-0.15, -0.1) is 0 Å². The molecule has 2 aromatic heterocycles. The highest BCUT2D eigenvalue weighted by molar-refractivity contribution is 5.75. The fourth-order valence-corrected chi connectivity index (χ4v) is 3.15. The summed E-state index contributed by atoms with van der Waals surface area (Å²) < 4.78 is 1.31. The standard InChI is InChI=1S/C19H26N6O2/c1-13-9-17(24-7-5-4-6-8-24)23-16(22-13)10-20-18(26)11-25-12-21-15(3)14(2)19(25)27/h9,12H,4-8,10-11H2,1-3H3,(H,20,26). The highest BCUT2D eigenvalue weighted by Gasteiger charge is 2.14. The summed E-state index contributed by atoms with van der Waals surface area (Å²) in [5.41, 5.74) is 1.91. The van der Waals surface area contributed by atoms with Crippen molar-refractivity contribution in [2.75, 3.05) is 18.0 Å². The first kappa shape index (κ1) is 19.0. The molecule has 0 unspecified atom stereocenters. The summed E-state index contributed by atoms with van der Waals surface area (Å²) >= 11 is 0. The van der Waals surface area contributed by atoms with Gasteiger partial charge in [0.05, 0.1) is 12.9 Å². The lowest BCUT2D eigenvalue weighted by Gasteiger charge is -2.28. The van der Waals surface area contributed by atoms with Crippen LogP contribution < -0.4 is 15.8 Å². The zero-order valence-electron chi connectivity index (χ0n) is 16.2. The van der Waals surface area contributed by atoms with Gasteiger partial charge in [-0.25, -0.2) is 15.0 Å². The molecule has 1 fully saturated rings. The van der Waals surface area contributed by atoms with E-state index in [1.165, 1.54) is 30.2 Å². The third-order valence-electron chi connectivity index (χ3n) is 4.84. The highest BCUT2D eigenvalue weighted by Crippen LogP contribution is 2.18. The summed E-state index contributed by atoms with van der Waals surface area (Å²) in [7, 11) is 0. The van der Waals surface area contributed by atoms with E-state index >= 15 is 0 Å². The number of aryl methyl sites for hydroxylation is 2. The third kappa shape index (κ3) is 4.69. The van der Waals surface area contributed by atoms with E-state index in [0.717, 1.165) is 24.6 Å². The number of hydrogen-bond acceptors (Lipinski definition) is 6. The molecule has 1 aliphatic rings. The molecule has 1 saturated heterocycles. The van der Waals surface area contributed by atoms with Gasteiger partial charge in [0, 0.05) is 36.1 Å². The molecule has 1 amide bonds. The Balaban J connectivity index is 1.64. The SMILES string of the molecule is Cc1cc(N2CCCCC2)nc(CNC(=O)Cn2cnc(C)c(C)c2=O)n1. The molecule has 2 aromatic rings. The molecule has 3 heterocycles. The number of nitrogens with one attached hydrogen (secondary N) is 1. The normalized spacial score (nSPS) is 14.3. The number of carbonyl (C=O) groups is 1. The van der Waals surface area contributed by atoms with Gasteiger partial charge in [-0.1, -0.05) is 0 Å². The number of carbonyl (C=O) groups excluding carboxylic acids is 1. The molecule has 0 saturated carbocycles. The maximum atomic E-state index is 12.2. The summed E-state index contributed by atoms with van der Waals surface area (Å²) in [6, 6.07) is 1.98. The molecular formula is C19H26N6O2. The van der Waals surface area contributed by atoms with E-state index in [9.17, 15) is 9.59 Å². The fourth-order valence-electron chi connectivity index (χ4n) is 3.15. The van der Waals surface area contributed by atoms with Crippen molar-refractivity contribution in [2.24, 2.45) is 0 Å². The number of aromatic nitrogens is 4. The summed E-state index contributed by atoms with van der Waals surface area (Å²) in [5, 5.41) is 2.80. The fraction of sp³-hybridized carbons (Fsp3) is 0.526. The van der Waals surface area contributed by atoms with Crippen LogP contribution in [0.1, 0.15) is 42.0 Å². The summed E-state index contributed by atoms with van der Waals surface area (Å²) in [6.07, 6.45) is 5.01. The van der Waals surface area contributed by atoms with Gasteiger partial charge in [0.1, 0.15) is 18.2 Å². The van der Waals surface area contributed by atoms with Crippen molar-refractivity contribution in [3.05, 3.63) is 45.5 Å². The van der Waals surface area contributed by atoms with E-state index < -0.39 is 0 Å². The van der Waals surface area contributed by atoms with Crippen LogP contribution in [-0.4, -0.2) is 38.5 Å². The van der Waals surface area contributed by atoms with E-state index in [1.54, 1.807) is 13.8 Å². The minimum atomic E-state index is -0.271. The van der Waals surface area contributed by atoms with Crippen LogP contribution in [0.15, 0.2) is 17.2 Å². The van der Waals surface area contributed by atoms with Gasteiger partial charge in [-0.05, 0) is 40.0 Å². The molecule has 0 spiro atoms. The number of piperidine rings is 1. The van der Waals surface area contributed by atoms with E-state index in [-0.39, 0.29) is 24.6 Å². The van der Waals surface area contributed by atoms with Crippen molar-refractivity contribution in [1.82, 2.24) is 24.8 Å². The van der Waals surface area contributed by atoms with Crippen molar-refractivity contribution >= 4 is 11.7 Å². The third-order valence-corrected chi connectivity index (χ3v) is 4.84. The number of amides is 1. The van der Waals surface area contributed by atoms with Gasteiger partial charge >= 0.3 is 0 Å². The molecule has 0 bridgehead atoms. The average molecular weight is 370 g/mol. The zero-order valence-corrected chi connectivity index (χ0v) is 16.2. The molecule has 144 valence electrons. The van der Waals surface area contributed by atoms with Gasteiger partial charge in [0.15, 0.2) is 0 Å². The predicted molar refractivity (Wildman–Crippen MR) is 103 cm³/mol. The van der Waals surface area contributed by atoms with Crippen molar-refractivity contribution in [2.45, 2.75) is 53.1 Å². The number of nitrogens with zero attached hydrogens (tertiary/aromatic N) is 5. The Morgan fingerprint density at radius 2 is 1.89 bits per heavy atom. The quantitative estimate of drug-likeness (QED) is 0.852. The maximum absolute atomic E-state index is 12.2. The van der Waals surface area contributed by atoms with Crippen LogP contribution in [0.2, 0.25) is 0 Å². The smallest absolute Gasteiger partial charge is 0.256 e. The van der Waals surface area contributed by atoms with E-state index in [1.807, 2.05) is 13.0 Å². The Kier molecular flexibility index (Phi) is 5.83. The Morgan fingerprint density at radius 1 is 1.15 bits per heavy atom. The first-order valence-corrected chi connectivity index (χ1v) is 9.33. The second-order valence-electron chi connectivity index (χ2n) is 7.00. The molecular weight excluding hydrogens is 344 g/mol. The minimum absolute atomic E-state index is 0.0717. The van der Waals surface area contributed by atoms with Crippen LogP contribution in [0, 0.1) is 20.8 Å². The summed E-state index contributed by atoms with van der Waals surface area (Å²) in [4.78, 5) is 39.8. The van der Waals surface area contributed by atoms with Gasteiger partial charge in [-0.2, -0.15) is 0 Å². The van der Waals surface area contributed by atoms with Crippen LogP contribution >= 0.6 is 0 Å². The van der Waals surface area contributed by atoms with Crippen molar-refractivity contribution < 1.29 is 4.79 Å². The molecule has 3 rings (SSSR count). The van der Waals surface area contributed by atoms with Crippen molar-refractivity contribution in [1.29, 1.82) is 0 Å². The molecule has 0 radical (unpaired) electrons. The van der Waals surface area contributed by atoms with Gasteiger partial charge in [-0.3, -0.25) is 14.2 Å². The molecule has 8 nitrogen and oxygen atoms in total. The molecule has 1 aliphatic heterocycles. The lowest BCUT2D eigenvalue weighted by atomic mass is 10.1. The first-order chi connectivity index (χ1) is 12.9. The van der Waals surface area contributed by atoms with E-state index in [4.69, 9.17) is 0 Å². The minimum Gasteiger partial charge on any atom is -0.357 e. The van der Waals surface area contributed by atoms with E-state index in [2.05, 4.69) is 25.2 Å². The van der Waals surface area contributed by atoms with E-state index in [0.29, 0.717) is 17.1 Å². The molecule has 27 heavy (non-hydrogen) atoms. The second-order valence-corrected chi connectivity index (χ2v) is 7.00. The highest BCUT2D eigenvalue weighted by atomic mass is 16.2. The maximum Gasteiger partial charge on any atom is 0.256 e. The lowest BCUT2D eigenvalue weighted by molar-refractivity contribution is -0.121. The molecule has 0 atom stereocenters. The molecule has 8 heteroatoms. The van der Waals surface area contributed by atoms with Gasteiger partial charge in [0.25, 0.3) is 5.56 Å². The lowest BCUT2D eigenvalue weighted by Crippen LogP contribution is -2.34. The van der Waals surface area contributed by atoms with Crippen LogP contribution in [0.5, 0.6) is 0 Å².